The Kier molecular flexibility index (Phi) is 4.39. The molecule has 116 valence electrons. The number of hydrogen-bond acceptors (Lipinski definition) is 4. The first-order chi connectivity index (χ1) is 11.2. The molecule has 23 heavy (non-hydrogen) atoms. The lowest BCUT2D eigenvalue weighted by Crippen LogP contribution is -2.07. The van der Waals surface area contributed by atoms with E-state index in [0.717, 1.165) is 32.2 Å². The molecule has 0 aliphatic rings. The van der Waals surface area contributed by atoms with E-state index in [9.17, 15) is 4.79 Å². The van der Waals surface area contributed by atoms with Crippen LogP contribution in [0.25, 0.3) is 16.3 Å². The van der Waals surface area contributed by atoms with Crippen LogP contribution in [0.3, 0.4) is 0 Å². The summed E-state index contributed by atoms with van der Waals surface area (Å²) in [6.45, 7) is 1.97. The summed E-state index contributed by atoms with van der Waals surface area (Å²) in [6.07, 6.45) is 3.24. The molecule has 1 amide bonds. The summed E-state index contributed by atoms with van der Waals surface area (Å²) in [4.78, 5) is 16.5. The number of ether oxygens (including phenoxy) is 1. The van der Waals surface area contributed by atoms with E-state index < -0.39 is 0 Å². The van der Waals surface area contributed by atoms with Crippen molar-refractivity contribution >= 4 is 39.2 Å². The highest BCUT2D eigenvalue weighted by molar-refractivity contribution is 7.18. The average molecular weight is 324 g/mol. The van der Waals surface area contributed by atoms with Crippen LogP contribution in [0.4, 0.5) is 5.69 Å². The Hall–Kier alpha value is -2.66. The van der Waals surface area contributed by atoms with Crippen molar-refractivity contribution in [2.24, 2.45) is 0 Å². The summed E-state index contributed by atoms with van der Waals surface area (Å²) < 4.78 is 6.32. The van der Waals surface area contributed by atoms with Gasteiger partial charge in [-0.3, -0.25) is 4.79 Å². The van der Waals surface area contributed by atoms with Crippen LogP contribution < -0.4 is 10.1 Å². The lowest BCUT2D eigenvalue weighted by molar-refractivity contribution is -0.111. The lowest BCUT2D eigenvalue weighted by Gasteiger charge is -2.04. The van der Waals surface area contributed by atoms with Crippen molar-refractivity contribution in [3.8, 4) is 5.75 Å². The molecule has 0 radical (unpaired) electrons. The molecule has 5 heteroatoms. The van der Waals surface area contributed by atoms with Gasteiger partial charge >= 0.3 is 0 Å². The maximum absolute atomic E-state index is 12.1. The summed E-state index contributed by atoms with van der Waals surface area (Å²) in [5.74, 6) is 0.551. The smallest absolute Gasteiger partial charge is 0.248 e. The number of benzene rings is 2. The summed E-state index contributed by atoms with van der Waals surface area (Å²) in [5.41, 5.74) is 2.57. The van der Waals surface area contributed by atoms with Crippen molar-refractivity contribution in [1.29, 1.82) is 0 Å². The SMILES string of the molecule is COc1ccccc1C=CC(=O)Nc1ccc2nc(C)sc2c1. The fraction of sp³-hybridized carbons (Fsp3) is 0.111. The zero-order valence-corrected chi connectivity index (χ0v) is 13.7. The van der Waals surface area contributed by atoms with E-state index >= 15 is 0 Å². The van der Waals surface area contributed by atoms with Gasteiger partial charge in [0, 0.05) is 17.3 Å². The second kappa shape index (κ2) is 6.62. The fourth-order valence-electron chi connectivity index (χ4n) is 2.27. The number of fused-ring (bicyclic) bond motifs is 1. The van der Waals surface area contributed by atoms with E-state index in [-0.39, 0.29) is 5.91 Å². The first kappa shape index (κ1) is 15.2. The van der Waals surface area contributed by atoms with E-state index in [1.54, 1.807) is 24.5 Å². The molecule has 0 atom stereocenters. The van der Waals surface area contributed by atoms with Crippen LogP contribution >= 0.6 is 11.3 Å². The van der Waals surface area contributed by atoms with Crippen molar-refractivity contribution < 1.29 is 9.53 Å². The van der Waals surface area contributed by atoms with Gasteiger partial charge in [-0.05, 0) is 37.3 Å². The third-order valence-corrected chi connectivity index (χ3v) is 4.25. The molecule has 0 saturated heterocycles. The number of para-hydroxylation sites is 1. The predicted molar refractivity (Wildman–Crippen MR) is 95.0 cm³/mol. The van der Waals surface area contributed by atoms with Crippen LogP contribution in [0.5, 0.6) is 5.75 Å². The topological polar surface area (TPSA) is 51.2 Å². The molecular weight excluding hydrogens is 308 g/mol. The van der Waals surface area contributed by atoms with Crippen LogP contribution in [-0.4, -0.2) is 18.0 Å². The number of rotatable bonds is 4. The fourth-order valence-corrected chi connectivity index (χ4v) is 3.14. The molecule has 0 saturated carbocycles. The van der Waals surface area contributed by atoms with Crippen molar-refractivity contribution in [1.82, 2.24) is 4.98 Å². The summed E-state index contributed by atoms with van der Waals surface area (Å²) in [7, 11) is 1.61. The van der Waals surface area contributed by atoms with Gasteiger partial charge in [-0.1, -0.05) is 18.2 Å². The molecule has 4 nitrogen and oxygen atoms in total. The molecule has 1 aromatic heterocycles. The summed E-state index contributed by atoms with van der Waals surface area (Å²) in [5, 5.41) is 3.88. The maximum atomic E-state index is 12.1. The van der Waals surface area contributed by atoms with Gasteiger partial charge in [0.2, 0.25) is 5.91 Å². The number of nitrogens with zero attached hydrogens (tertiary/aromatic N) is 1. The molecule has 0 unspecified atom stereocenters. The molecule has 2 aromatic carbocycles. The van der Waals surface area contributed by atoms with Crippen molar-refractivity contribution in [3.05, 3.63) is 59.1 Å². The minimum absolute atomic E-state index is 0.184. The molecule has 3 aromatic rings. The molecule has 1 N–H and O–H groups in total. The molecule has 0 spiro atoms. The number of carbonyl (C=O) groups is 1. The summed E-state index contributed by atoms with van der Waals surface area (Å²) >= 11 is 1.61. The van der Waals surface area contributed by atoms with Crippen LogP contribution in [0, 0.1) is 6.92 Å². The highest BCUT2D eigenvalue weighted by Gasteiger charge is 2.04. The Morgan fingerprint density at radius 1 is 1.26 bits per heavy atom. The predicted octanol–water partition coefficient (Wildman–Crippen LogP) is 4.27. The molecule has 3 rings (SSSR count). The number of methoxy groups -OCH3 is 1. The third-order valence-electron chi connectivity index (χ3n) is 3.32. The molecule has 0 aliphatic carbocycles. The number of amides is 1. The van der Waals surface area contributed by atoms with Gasteiger partial charge in [0.1, 0.15) is 5.75 Å². The van der Waals surface area contributed by atoms with E-state index in [1.807, 2.05) is 49.4 Å². The highest BCUT2D eigenvalue weighted by Crippen LogP contribution is 2.25. The second-order valence-electron chi connectivity index (χ2n) is 4.98. The minimum Gasteiger partial charge on any atom is -0.496 e. The van der Waals surface area contributed by atoms with Gasteiger partial charge in [0.15, 0.2) is 0 Å². The van der Waals surface area contributed by atoms with Gasteiger partial charge in [-0.25, -0.2) is 4.98 Å². The van der Waals surface area contributed by atoms with E-state index in [4.69, 9.17) is 4.74 Å². The maximum Gasteiger partial charge on any atom is 0.248 e. The van der Waals surface area contributed by atoms with Crippen LogP contribution in [0.2, 0.25) is 0 Å². The number of aromatic nitrogens is 1. The van der Waals surface area contributed by atoms with Crippen LogP contribution in [0.1, 0.15) is 10.6 Å². The Morgan fingerprint density at radius 3 is 2.91 bits per heavy atom. The van der Waals surface area contributed by atoms with Crippen LogP contribution in [0.15, 0.2) is 48.5 Å². The Morgan fingerprint density at radius 2 is 2.09 bits per heavy atom. The van der Waals surface area contributed by atoms with E-state index in [2.05, 4.69) is 10.3 Å². The number of hydrogen-bond donors (Lipinski definition) is 1. The second-order valence-corrected chi connectivity index (χ2v) is 6.21. The van der Waals surface area contributed by atoms with Gasteiger partial charge in [-0.15, -0.1) is 11.3 Å². The molecular formula is C18H16N2O2S. The Bertz CT molecular complexity index is 884. The van der Waals surface area contributed by atoms with Gasteiger partial charge in [0.05, 0.1) is 22.3 Å². The van der Waals surface area contributed by atoms with E-state index in [0.29, 0.717) is 0 Å². The number of anilines is 1. The minimum atomic E-state index is -0.184. The number of carbonyl (C=O) groups excluding carboxylic acids is 1. The van der Waals surface area contributed by atoms with Crippen molar-refractivity contribution in [2.75, 3.05) is 12.4 Å². The zero-order valence-electron chi connectivity index (χ0n) is 12.9. The van der Waals surface area contributed by atoms with Gasteiger partial charge in [-0.2, -0.15) is 0 Å². The molecule has 1 heterocycles. The Balaban J connectivity index is 1.74. The zero-order chi connectivity index (χ0) is 16.2. The highest BCUT2D eigenvalue weighted by atomic mass is 32.1. The monoisotopic (exact) mass is 324 g/mol. The number of aryl methyl sites for hydroxylation is 1. The molecule has 0 bridgehead atoms. The quantitative estimate of drug-likeness (QED) is 0.729. The third kappa shape index (κ3) is 3.57. The van der Waals surface area contributed by atoms with Gasteiger partial charge in [0.25, 0.3) is 0 Å². The number of nitrogens with one attached hydrogen (secondary N) is 1. The number of thiazole rings is 1. The van der Waals surface area contributed by atoms with E-state index in [1.165, 1.54) is 6.08 Å². The Labute approximate surface area is 138 Å². The first-order valence-electron chi connectivity index (χ1n) is 7.15. The van der Waals surface area contributed by atoms with Crippen molar-refractivity contribution in [3.63, 3.8) is 0 Å². The van der Waals surface area contributed by atoms with Crippen molar-refractivity contribution in [2.45, 2.75) is 6.92 Å². The van der Waals surface area contributed by atoms with Crippen LogP contribution in [-0.2, 0) is 4.79 Å². The standard InChI is InChI=1S/C18H16N2O2S/c1-12-19-15-9-8-14(11-17(15)23-12)20-18(21)10-7-13-5-3-4-6-16(13)22-2/h3-11H,1-2H3,(H,20,21). The summed E-state index contributed by atoms with van der Waals surface area (Å²) in [6, 6.07) is 13.3. The molecule has 0 fully saturated rings. The lowest BCUT2D eigenvalue weighted by atomic mass is 10.2. The molecule has 0 aliphatic heterocycles. The average Bonchev–Trinajstić information content (AvgIpc) is 2.92. The normalized spacial score (nSPS) is 11.0. The van der Waals surface area contributed by atoms with Gasteiger partial charge < -0.3 is 10.1 Å². The first-order valence-corrected chi connectivity index (χ1v) is 7.96. The largest absolute Gasteiger partial charge is 0.496 e.